The fourth-order valence-corrected chi connectivity index (χ4v) is 4.72. The minimum atomic E-state index is -0.434. The van der Waals surface area contributed by atoms with Gasteiger partial charge in [-0.25, -0.2) is 4.98 Å². The second kappa shape index (κ2) is 10.5. The molecule has 0 aliphatic carbocycles. The first-order chi connectivity index (χ1) is 16.1. The number of carbonyl (C=O) groups is 1. The van der Waals surface area contributed by atoms with Crippen LogP contribution in [0.2, 0.25) is 0 Å². The Morgan fingerprint density at radius 2 is 1.52 bits per heavy atom. The summed E-state index contributed by atoms with van der Waals surface area (Å²) in [7, 11) is 0. The van der Waals surface area contributed by atoms with Crippen LogP contribution in [0.5, 0.6) is 0 Å². The van der Waals surface area contributed by atoms with Gasteiger partial charge in [0.05, 0.1) is 22.2 Å². The van der Waals surface area contributed by atoms with Crippen LogP contribution in [0.15, 0.2) is 94.9 Å². The topological polar surface area (TPSA) is 64.0 Å². The van der Waals surface area contributed by atoms with E-state index in [4.69, 9.17) is 4.98 Å². The molecular formula is C27H27N3O2S. The standard InChI is InChI=1S/C27H27N3O2S/c1-3-18-30-26(32)22-16-10-11-17-23(22)28-27(30)33-19(2)25(31)29-24(20-12-6-4-7-13-20)21-14-8-5-9-15-21/h4-17,19,24H,3,18H2,1-2H3,(H,29,31). The maximum atomic E-state index is 13.3. The van der Waals surface area contributed by atoms with Crippen molar-refractivity contribution in [2.24, 2.45) is 0 Å². The smallest absolute Gasteiger partial charge is 0.262 e. The van der Waals surface area contributed by atoms with Crippen molar-refractivity contribution in [2.75, 3.05) is 0 Å². The van der Waals surface area contributed by atoms with Crippen molar-refractivity contribution in [1.82, 2.24) is 14.9 Å². The molecule has 3 aromatic carbocycles. The Morgan fingerprint density at radius 3 is 2.12 bits per heavy atom. The number of nitrogens with one attached hydrogen (secondary N) is 1. The number of rotatable bonds is 8. The summed E-state index contributed by atoms with van der Waals surface area (Å²) in [6, 6.07) is 26.9. The summed E-state index contributed by atoms with van der Waals surface area (Å²) in [4.78, 5) is 31.0. The first kappa shape index (κ1) is 22.8. The second-order valence-electron chi connectivity index (χ2n) is 7.89. The molecule has 4 rings (SSSR count). The van der Waals surface area contributed by atoms with E-state index in [0.29, 0.717) is 22.6 Å². The Labute approximate surface area is 197 Å². The van der Waals surface area contributed by atoms with E-state index in [1.165, 1.54) is 11.8 Å². The molecule has 1 heterocycles. The summed E-state index contributed by atoms with van der Waals surface area (Å²) in [5, 5.41) is 3.93. The number of thioether (sulfide) groups is 1. The van der Waals surface area contributed by atoms with E-state index in [0.717, 1.165) is 17.5 Å². The van der Waals surface area contributed by atoms with Gasteiger partial charge in [0.15, 0.2) is 5.16 Å². The first-order valence-electron chi connectivity index (χ1n) is 11.1. The van der Waals surface area contributed by atoms with Crippen LogP contribution in [-0.4, -0.2) is 20.7 Å². The van der Waals surface area contributed by atoms with Crippen LogP contribution in [0, 0.1) is 0 Å². The van der Waals surface area contributed by atoms with Crippen LogP contribution in [0.1, 0.15) is 37.4 Å². The van der Waals surface area contributed by atoms with Crippen molar-refractivity contribution in [1.29, 1.82) is 0 Å². The van der Waals surface area contributed by atoms with Gasteiger partial charge in [-0.2, -0.15) is 0 Å². The molecule has 0 spiro atoms. The number of aromatic nitrogens is 2. The van der Waals surface area contributed by atoms with Gasteiger partial charge >= 0.3 is 0 Å². The highest BCUT2D eigenvalue weighted by atomic mass is 32.2. The van der Waals surface area contributed by atoms with E-state index in [1.807, 2.05) is 92.7 Å². The summed E-state index contributed by atoms with van der Waals surface area (Å²) < 4.78 is 1.68. The number of hydrogen-bond acceptors (Lipinski definition) is 4. The third-order valence-corrected chi connectivity index (χ3v) is 6.57. The minimum absolute atomic E-state index is 0.0657. The number of carbonyl (C=O) groups excluding carboxylic acids is 1. The second-order valence-corrected chi connectivity index (χ2v) is 9.20. The SMILES string of the molecule is CCCn1c(SC(C)C(=O)NC(c2ccccc2)c2ccccc2)nc2ccccc2c1=O. The number of amides is 1. The highest BCUT2D eigenvalue weighted by Crippen LogP contribution is 2.26. The van der Waals surface area contributed by atoms with Gasteiger partial charge in [0.1, 0.15) is 0 Å². The normalized spacial score (nSPS) is 12.1. The number of fused-ring (bicyclic) bond motifs is 1. The molecule has 1 N–H and O–H groups in total. The van der Waals surface area contributed by atoms with E-state index >= 15 is 0 Å². The molecule has 0 fully saturated rings. The molecule has 0 saturated carbocycles. The average molecular weight is 458 g/mol. The van der Waals surface area contributed by atoms with Crippen LogP contribution < -0.4 is 10.9 Å². The molecule has 6 heteroatoms. The number of benzene rings is 3. The zero-order valence-corrected chi connectivity index (χ0v) is 19.6. The predicted octanol–water partition coefficient (Wildman–Crippen LogP) is 5.19. The molecule has 1 atom stereocenters. The predicted molar refractivity (Wildman–Crippen MR) is 134 cm³/mol. The van der Waals surface area contributed by atoms with Crippen molar-refractivity contribution in [2.45, 2.75) is 43.3 Å². The molecule has 5 nitrogen and oxygen atoms in total. The van der Waals surface area contributed by atoms with Gasteiger partial charge in [0.25, 0.3) is 5.56 Å². The zero-order chi connectivity index (χ0) is 23.2. The molecule has 0 bridgehead atoms. The Balaban J connectivity index is 1.61. The van der Waals surface area contributed by atoms with Crippen LogP contribution in [0.25, 0.3) is 10.9 Å². The lowest BCUT2D eigenvalue weighted by atomic mass is 9.98. The largest absolute Gasteiger partial charge is 0.344 e. The third kappa shape index (κ3) is 5.17. The quantitative estimate of drug-likeness (QED) is 0.292. The lowest BCUT2D eigenvalue weighted by molar-refractivity contribution is -0.120. The third-order valence-electron chi connectivity index (χ3n) is 5.48. The van der Waals surface area contributed by atoms with Crippen LogP contribution in [-0.2, 0) is 11.3 Å². The lowest BCUT2D eigenvalue weighted by Gasteiger charge is -2.22. The summed E-state index contributed by atoms with van der Waals surface area (Å²) in [5.41, 5.74) is 2.61. The van der Waals surface area contributed by atoms with Crippen LogP contribution >= 0.6 is 11.8 Å². The summed E-state index contributed by atoms with van der Waals surface area (Å²) >= 11 is 1.32. The lowest BCUT2D eigenvalue weighted by Crippen LogP contribution is -2.35. The maximum Gasteiger partial charge on any atom is 0.262 e. The molecular weight excluding hydrogens is 430 g/mol. The monoisotopic (exact) mass is 457 g/mol. The first-order valence-corrected chi connectivity index (χ1v) is 12.0. The van der Waals surface area contributed by atoms with E-state index in [1.54, 1.807) is 10.6 Å². The Bertz CT molecular complexity index is 1250. The Kier molecular flexibility index (Phi) is 7.25. The van der Waals surface area contributed by atoms with Gasteiger partial charge in [0, 0.05) is 6.54 Å². The molecule has 0 radical (unpaired) electrons. The maximum absolute atomic E-state index is 13.3. The summed E-state index contributed by atoms with van der Waals surface area (Å²) in [6.07, 6.45) is 0.804. The van der Waals surface area contributed by atoms with Gasteiger partial charge in [-0.05, 0) is 36.6 Å². The van der Waals surface area contributed by atoms with Crippen molar-refractivity contribution >= 4 is 28.6 Å². The van der Waals surface area contributed by atoms with Crippen molar-refractivity contribution in [3.8, 4) is 0 Å². The fraction of sp³-hybridized carbons (Fsp3) is 0.222. The molecule has 1 amide bonds. The fourth-order valence-electron chi connectivity index (χ4n) is 3.78. The average Bonchev–Trinajstić information content (AvgIpc) is 2.86. The molecule has 1 aromatic heterocycles. The number of para-hydroxylation sites is 1. The Hall–Kier alpha value is -3.38. The van der Waals surface area contributed by atoms with E-state index < -0.39 is 5.25 Å². The van der Waals surface area contributed by atoms with E-state index in [2.05, 4.69) is 5.32 Å². The Morgan fingerprint density at radius 1 is 0.939 bits per heavy atom. The zero-order valence-electron chi connectivity index (χ0n) is 18.8. The molecule has 0 aliphatic heterocycles. The van der Waals surface area contributed by atoms with Gasteiger partial charge in [-0.3, -0.25) is 14.2 Å². The minimum Gasteiger partial charge on any atom is -0.344 e. The number of nitrogens with zero attached hydrogens (tertiary/aromatic N) is 2. The van der Waals surface area contributed by atoms with Gasteiger partial charge < -0.3 is 5.32 Å². The van der Waals surface area contributed by atoms with E-state index in [9.17, 15) is 9.59 Å². The van der Waals surface area contributed by atoms with Crippen LogP contribution in [0.4, 0.5) is 0 Å². The summed E-state index contributed by atoms with van der Waals surface area (Å²) in [5.74, 6) is -0.108. The van der Waals surface area contributed by atoms with Crippen molar-refractivity contribution < 1.29 is 4.79 Å². The molecule has 0 saturated heterocycles. The van der Waals surface area contributed by atoms with Gasteiger partial charge in [-0.1, -0.05) is 91.5 Å². The highest BCUT2D eigenvalue weighted by molar-refractivity contribution is 8.00. The van der Waals surface area contributed by atoms with Gasteiger partial charge in [-0.15, -0.1) is 0 Å². The van der Waals surface area contributed by atoms with E-state index in [-0.39, 0.29) is 17.5 Å². The number of hydrogen-bond donors (Lipinski definition) is 1. The molecule has 168 valence electrons. The molecule has 33 heavy (non-hydrogen) atoms. The highest BCUT2D eigenvalue weighted by Gasteiger charge is 2.23. The van der Waals surface area contributed by atoms with Gasteiger partial charge in [0.2, 0.25) is 5.91 Å². The molecule has 1 unspecified atom stereocenters. The van der Waals surface area contributed by atoms with Crippen molar-refractivity contribution in [3.05, 3.63) is 106 Å². The molecule has 4 aromatic rings. The van der Waals surface area contributed by atoms with Crippen molar-refractivity contribution in [3.63, 3.8) is 0 Å². The molecule has 0 aliphatic rings. The summed E-state index contributed by atoms with van der Waals surface area (Å²) in [6.45, 7) is 4.44. The van der Waals surface area contributed by atoms with Crippen LogP contribution in [0.3, 0.4) is 0 Å².